The quantitative estimate of drug-likeness (QED) is 0.828. The summed E-state index contributed by atoms with van der Waals surface area (Å²) in [5, 5.41) is 0. The Hall–Kier alpha value is -2.07. The van der Waals surface area contributed by atoms with Crippen molar-refractivity contribution in [3.8, 4) is 5.75 Å². The topological polar surface area (TPSA) is 38.5 Å². The molecule has 0 spiro atoms. The van der Waals surface area contributed by atoms with Gasteiger partial charge >= 0.3 is 0 Å². The van der Waals surface area contributed by atoms with Crippen LogP contribution in [0.15, 0.2) is 42.5 Å². The molecule has 0 radical (unpaired) electrons. The number of benzene rings is 2. The van der Waals surface area contributed by atoms with Crippen molar-refractivity contribution in [2.75, 3.05) is 19.4 Å². The second-order valence-electron chi connectivity index (χ2n) is 4.96. The van der Waals surface area contributed by atoms with Gasteiger partial charge in [-0.15, -0.1) is 0 Å². The molecule has 0 unspecified atom stereocenters. The third kappa shape index (κ3) is 3.95. The van der Waals surface area contributed by atoms with Gasteiger partial charge in [-0.25, -0.2) is 4.39 Å². The van der Waals surface area contributed by atoms with E-state index in [-0.39, 0.29) is 5.82 Å². The lowest BCUT2D eigenvalue weighted by Gasteiger charge is -2.22. The molecule has 4 heteroatoms. The molecule has 0 aliphatic carbocycles. The summed E-state index contributed by atoms with van der Waals surface area (Å²) in [4.78, 5) is 2.15. The first kappa shape index (κ1) is 15.3. The first-order valence-corrected chi connectivity index (χ1v) is 7.02. The van der Waals surface area contributed by atoms with E-state index in [0.29, 0.717) is 24.4 Å². The van der Waals surface area contributed by atoms with Crippen molar-refractivity contribution in [3.63, 3.8) is 0 Å². The Morgan fingerprint density at radius 1 is 1.10 bits per heavy atom. The van der Waals surface area contributed by atoms with Gasteiger partial charge in [0.25, 0.3) is 0 Å². The van der Waals surface area contributed by atoms with Gasteiger partial charge < -0.3 is 10.5 Å². The Labute approximate surface area is 125 Å². The number of hydrogen-bond acceptors (Lipinski definition) is 3. The first-order chi connectivity index (χ1) is 10.1. The van der Waals surface area contributed by atoms with Crippen LogP contribution in [0, 0.1) is 5.82 Å². The minimum atomic E-state index is -0.242. The Morgan fingerprint density at radius 2 is 1.81 bits per heavy atom. The zero-order valence-electron chi connectivity index (χ0n) is 12.5. The zero-order valence-corrected chi connectivity index (χ0v) is 12.5. The number of halogens is 1. The second kappa shape index (κ2) is 7.09. The smallest absolute Gasteiger partial charge is 0.131 e. The van der Waals surface area contributed by atoms with Crippen molar-refractivity contribution in [3.05, 3.63) is 59.4 Å². The Kier molecular flexibility index (Phi) is 5.17. The molecular weight excluding hydrogens is 267 g/mol. The summed E-state index contributed by atoms with van der Waals surface area (Å²) in [5.41, 5.74) is 8.46. The van der Waals surface area contributed by atoms with Crippen LogP contribution in [0.2, 0.25) is 0 Å². The Bertz CT molecular complexity index is 601. The summed E-state index contributed by atoms with van der Waals surface area (Å²) in [6.45, 7) is 4.12. The summed E-state index contributed by atoms with van der Waals surface area (Å²) in [5.74, 6) is 0.292. The molecule has 0 amide bonds. The highest BCUT2D eigenvalue weighted by atomic mass is 19.1. The van der Waals surface area contributed by atoms with Gasteiger partial charge in [0.15, 0.2) is 0 Å². The maximum Gasteiger partial charge on any atom is 0.131 e. The highest BCUT2D eigenvalue weighted by Crippen LogP contribution is 2.20. The van der Waals surface area contributed by atoms with Crippen LogP contribution in [-0.4, -0.2) is 18.6 Å². The zero-order chi connectivity index (χ0) is 15.2. The highest BCUT2D eigenvalue weighted by Gasteiger charge is 2.10. The van der Waals surface area contributed by atoms with Crippen molar-refractivity contribution < 1.29 is 9.13 Å². The van der Waals surface area contributed by atoms with Crippen LogP contribution in [-0.2, 0) is 13.1 Å². The van der Waals surface area contributed by atoms with Crippen LogP contribution in [0.1, 0.15) is 18.1 Å². The van der Waals surface area contributed by atoms with Gasteiger partial charge in [0.2, 0.25) is 0 Å². The van der Waals surface area contributed by atoms with E-state index in [0.717, 1.165) is 17.8 Å². The first-order valence-electron chi connectivity index (χ1n) is 7.02. The largest absolute Gasteiger partial charge is 0.497 e. The summed E-state index contributed by atoms with van der Waals surface area (Å²) >= 11 is 0. The minimum absolute atomic E-state index is 0.242. The number of rotatable bonds is 6. The average molecular weight is 288 g/mol. The molecule has 0 atom stereocenters. The summed E-state index contributed by atoms with van der Waals surface area (Å²) in [6.07, 6.45) is 0. The Balaban J connectivity index is 2.11. The van der Waals surface area contributed by atoms with Gasteiger partial charge in [-0.05, 0) is 24.2 Å². The molecule has 0 fully saturated rings. The van der Waals surface area contributed by atoms with Gasteiger partial charge in [0, 0.05) is 30.4 Å². The second-order valence-corrected chi connectivity index (χ2v) is 4.96. The van der Waals surface area contributed by atoms with E-state index < -0.39 is 0 Å². The molecule has 0 saturated heterocycles. The van der Waals surface area contributed by atoms with E-state index in [1.165, 1.54) is 13.2 Å². The number of hydrogen-bond donors (Lipinski definition) is 1. The van der Waals surface area contributed by atoms with Crippen molar-refractivity contribution in [2.45, 2.75) is 20.0 Å². The summed E-state index contributed by atoms with van der Waals surface area (Å²) in [6, 6.07) is 12.7. The standard InChI is InChI=1S/C17H21FN2O/c1-3-20(12-14-6-4-5-7-17(14)19)11-13-8-9-15(21-2)10-16(13)18/h4-10H,3,11-12,19H2,1-2H3. The maximum atomic E-state index is 14.0. The number of nitrogen functional groups attached to an aromatic ring is 1. The predicted octanol–water partition coefficient (Wildman–Crippen LogP) is 3.44. The van der Waals surface area contributed by atoms with Crippen molar-refractivity contribution in [1.82, 2.24) is 4.90 Å². The fourth-order valence-corrected chi connectivity index (χ4v) is 2.22. The molecule has 0 aliphatic rings. The van der Waals surface area contributed by atoms with Gasteiger partial charge in [-0.3, -0.25) is 4.90 Å². The van der Waals surface area contributed by atoms with E-state index in [2.05, 4.69) is 11.8 Å². The molecule has 21 heavy (non-hydrogen) atoms. The average Bonchev–Trinajstić information content (AvgIpc) is 2.50. The molecule has 2 N–H and O–H groups in total. The van der Waals surface area contributed by atoms with Crippen LogP contribution in [0.5, 0.6) is 5.75 Å². The monoisotopic (exact) mass is 288 g/mol. The molecule has 112 valence electrons. The molecular formula is C17H21FN2O. The molecule has 0 bridgehead atoms. The molecule has 0 saturated carbocycles. The number of nitrogens with two attached hydrogens (primary N) is 1. The van der Waals surface area contributed by atoms with E-state index in [4.69, 9.17) is 10.5 Å². The molecule has 0 aliphatic heterocycles. The fraction of sp³-hybridized carbons (Fsp3) is 0.294. The van der Waals surface area contributed by atoms with Crippen LogP contribution >= 0.6 is 0 Å². The number of methoxy groups -OCH3 is 1. The number of anilines is 1. The minimum Gasteiger partial charge on any atom is -0.497 e. The fourth-order valence-electron chi connectivity index (χ4n) is 2.22. The van der Waals surface area contributed by atoms with Crippen molar-refractivity contribution in [1.29, 1.82) is 0 Å². The van der Waals surface area contributed by atoms with Crippen LogP contribution in [0.25, 0.3) is 0 Å². The molecule has 2 rings (SSSR count). The van der Waals surface area contributed by atoms with Crippen LogP contribution < -0.4 is 10.5 Å². The number of nitrogens with zero attached hydrogens (tertiary/aromatic N) is 1. The normalized spacial score (nSPS) is 10.9. The van der Waals surface area contributed by atoms with Crippen molar-refractivity contribution >= 4 is 5.69 Å². The summed E-state index contributed by atoms with van der Waals surface area (Å²) < 4.78 is 19.0. The maximum absolute atomic E-state index is 14.0. The van der Waals surface area contributed by atoms with Gasteiger partial charge in [-0.2, -0.15) is 0 Å². The molecule has 2 aromatic carbocycles. The van der Waals surface area contributed by atoms with Gasteiger partial charge in [0.05, 0.1) is 7.11 Å². The van der Waals surface area contributed by atoms with Crippen molar-refractivity contribution in [2.24, 2.45) is 0 Å². The molecule has 0 aromatic heterocycles. The van der Waals surface area contributed by atoms with E-state index in [1.54, 1.807) is 12.1 Å². The molecule has 0 heterocycles. The molecule has 3 nitrogen and oxygen atoms in total. The Morgan fingerprint density at radius 3 is 2.43 bits per heavy atom. The molecule has 2 aromatic rings. The lowest BCUT2D eigenvalue weighted by molar-refractivity contribution is 0.267. The van der Waals surface area contributed by atoms with Crippen LogP contribution in [0.3, 0.4) is 0 Å². The number of para-hydroxylation sites is 1. The highest BCUT2D eigenvalue weighted by molar-refractivity contribution is 5.46. The van der Waals surface area contributed by atoms with Gasteiger partial charge in [-0.1, -0.05) is 31.2 Å². The van der Waals surface area contributed by atoms with Gasteiger partial charge in [0.1, 0.15) is 11.6 Å². The van der Waals surface area contributed by atoms with E-state index >= 15 is 0 Å². The number of ether oxygens (including phenoxy) is 1. The third-order valence-corrected chi connectivity index (χ3v) is 3.55. The lowest BCUT2D eigenvalue weighted by atomic mass is 10.1. The SMILES string of the molecule is CCN(Cc1ccccc1N)Cc1ccc(OC)cc1F. The lowest BCUT2D eigenvalue weighted by Crippen LogP contribution is -2.23. The third-order valence-electron chi connectivity index (χ3n) is 3.55. The van der Waals surface area contributed by atoms with E-state index in [9.17, 15) is 4.39 Å². The summed E-state index contributed by atoms with van der Waals surface area (Å²) in [7, 11) is 1.53. The predicted molar refractivity (Wildman–Crippen MR) is 83.6 cm³/mol. The van der Waals surface area contributed by atoms with E-state index in [1.807, 2.05) is 24.3 Å². The van der Waals surface area contributed by atoms with Crippen LogP contribution in [0.4, 0.5) is 10.1 Å².